The Morgan fingerprint density at radius 3 is 2.87 bits per heavy atom. The third-order valence-corrected chi connectivity index (χ3v) is 2.65. The number of rotatable bonds is 1. The van der Waals surface area contributed by atoms with Gasteiger partial charge >= 0.3 is 0 Å². The van der Waals surface area contributed by atoms with E-state index in [1.807, 2.05) is 18.2 Å². The number of amides is 1. The Bertz CT molecular complexity index is 528. The van der Waals surface area contributed by atoms with Crippen molar-refractivity contribution in [3.05, 3.63) is 40.5 Å². The Hall–Kier alpha value is -1.46. The van der Waals surface area contributed by atoms with E-state index in [0.717, 1.165) is 9.86 Å². The molecular weight excluding hydrogens is 260 g/mol. The smallest absolute Gasteiger partial charge is 0.288 e. The number of hydroxylamine groups is 1. The van der Waals surface area contributed by atoms with Crippen LogP contribution in [0, 0.1) is 0 Å². The number of aromatic nitrogens is 1. The first-order valence-electron chi connectivity index (χ1n) is 4.22. The minimum absolute atomic E-state index is 0.178. The van der Waals surface area contributed by atoms with Gasteiger partial charge in [-0.2, -0.15) is 0 Å². The lowest BCUT2D eigenvalue weighted by Crippen LogP contribution is -2.19. The number of nitrogens with zero attached hydrogens (tertiary/aromatic N) is 1. The van der Waals surface area contributed by atoms with Gasteiger partial charge in [0.25, 0.3) is 5.91 Å². The van der Waals surface area contributed by atoms with Crippen molar-refractivity contribution in [2.45, 2.75) is 0 Å². The number of nitrogens with one attached hydrogen (secondary N) is 1. The number of para-hydroxylation sites is 1. The number of hydrogen-bond donors (Lipinski definition) is 2. The summed E-state index contributed by atoms with van der Waals surface area (Å²) in [7, 11) is 0. The van der Waals surface area contributed by atoms with Crippen molar-refractivity contribution in [1.82, 2.24) is 10.5 Å². The number of fused-ring (bicyclic) bond motifs is 1. The van der Waals surface area contributed by atoms with E-state index in [2.05, 4.69) is 20.9 Å². The van der Waals surface area contributed by atoms with Gasteiger partial charge in [0, 0.05) is 9.86 Å². The van der Waals surface area contributed by atoms with E-state index < -0.39 is 5.91 Å². The van der Waals surface area contributed by atoms with Crippen LogP contribution in [0.3, 0.4) is 0 Å². The molecule has 0 aliphatic heterocycles. The molecule has 15 heavy (non-hydrogen) atoms. The van der Waals surface area contributed by atoms with Crippen LogP contribution in [-0.4, -0.2) is 16.1 Å². The van der Waals surface area contributed by atoms with Gasteiger partial charge in [0.05, 0.1) is 5.52 Å². The molecule has 1 aromatic carbocycles. The summed E-state index contributed by atoms with van der Waals surface area (Å²) >= 11 is 3.35. The van der Waals surface area contributed by atoms with Crippen LogP contribution in [0.25, 0.3) is 10.9 Å². The zero-order valence-electron chi connectivity index (χ0n) is 7.57. The number of hydrogen-bond acceptors (Lipinski definition) is 3. The molecule has 1 amide bonds. The lowest BCUT2D eigenvalue weighted by Gasteiger charge is -2.02. The molecule has 0 radical (unpaired) electrons. The van der Waals surface area contributed by atoms with Gasteiger partial charge in [0.15, 0.2) is 0 Å². The van der Waals surface area contributed by atoms with Crippen LogP contribution >= 0.6 is 15.9 Å². The molecule has 76 valence electrons. The second-order valence-corrected chi connectivity index (χ2v) is 3.80. The molecule has 4 nitrogen and oxygen atoms in total. The Balaban J connectivity index is 2.64. The first-order valence-corrected chi connectivity index (χ1v) is 5.01. The van der Waals surface area contributed by atoms with Crippen molar-refractivity contribution < 1.29 is 10.0 Å². The summed E-state index contributed by atoms with van der Waals surface area (Å²) in [4.78, 5) is 15.3. The van der Waals surface area contributed by atoms with E-state index in [1.54, 1.807) is 17.6 Å². The summed E-state index contributed by atoms with van der Waals surface area (Å²) in [6, 6.07) is 8.96. The quantitative estimate of drug-likeness (QED) is 0.614. The SMILES string of the molecule is O=C(NO)c1ccc2cccc(Br)c2n1. The number of pyridine rings is 1. The highest BCUT2D eigenvalue weighted by atomic mass is 79.9. The third-order valence-electron chi connectivity index (χ3n) is 2.01. The summed E-state index contributed by atoms with van der Waals surface area (Å²) in [5.74, 6) is -0.618. The topological polar surface area (TPSA) is 62.2 Å². The molecule has 0 bridgehead atoms. The second-order valence-electron chi connectivity index (χ2n) is 2.95. The molecule has 2 N–H and O–H groups in total. The molecule has 0 fully saturated rings. The zero-order valence-corrected chi connectivity index (χ0v) is 9.15. The standard InChI is InChI=1S/C10H7BrN2O2/c11-7-3-1-2-6-4-5-8(10(14)13-15)12-9(6)7/h1-5,15H,(H,13,14). The maximum absolute atomic E-state index is 11.1. The van der Waals surface area contributed by atoms with Crippen molar-refractivity contribution in [3.8, 4) is 0 Å². The van der Waals surface area contributed by atoms with Crippen LogP contribution in [0.15, 0.2) is 34.8 Å². The lowest BCUT2D eigenvalue weighted by atomic mass is 10.2. The van der Waals surface area contributed by atoms with Gasteiger partial charge in [-0.05, 0) is 28.1 Å². The van der Waals surface area contributed by atoms with Crippen LogP contribution in [0.5, 0.6) is 0 Å². The van der Waals surface area contributed by atoms with E-state index in [-0.39, 0.29) is 5.69 Å². The first kappa shape index (κ1) is 10.1. The van der Waals surface area contributed by atoms with E-state index in [9.17, 15) is 4.79 Å². The fourth-order valence-corrected chi connectivity index (χ4v) is 1.76. The molecule has 1 aromatic heterocycles. The summed E-state index contributed by atoms with van der Waals surface area (Å²) in [6.07, 6.45) is 0. The van der Waals surface area contributed by atoms with Crippen LogP contribution in [-0.2, 0) is 0 Å². The van der Waals surface area contributed by atoms with E-state index in [1.165, 1.54) is 0 Å². The highest BCUT2D eigenvalue weighted by Gasteiger charge is 2.07. The Kier molecular flexibility index (Phi) is 2.66. The van der Waals surface area contributed by atoms with E-state index in [4.69, 9.17) is 5.21 Å². The summed E-state index contributed by atoms with van der Waals surface area (Å²) < 4.78 is 0.813. The number of halogens is 1. The maximum Gasteiger partial charge on any atom is 0.293 e. The zero-order chi connectivity index (χ0) is 10.8. The number of carbonyl (C=O) groups is 1. The molecule has 1 heterocycles. The van der Waals surface area contributed by atoms with Crippen LogP contribution in [0.2, 0.25) is 0 Å². The third kappa shape index (κ3) is 1.84. The first-order chi connectivity index (χ1) is 7.22. The Morgan fingerprint density at radius 2 is 2.13 bits per heavy atom. The number of benzene rings is 1. The predicted octanol–water partition coefficient (Wildman–Crippen LogP) is 2.12. The highest BCUT2D eigenvalue weighted by Crippen LogP contribution is 2.21. The summed E-state index contributed by atoms with van der Waals surface area (Å²) in [5, 5.41) is 9.41. The molecule has 0 unspecified atom stereocenters. The predicted molar refractivity (Wildman–Crippen MR) is 58.7 cm³/mol. The van der Waals surface area contributed by atoms with Gasteiger partial charge < -0.3 is 0 Å². The van der Waals surface area contributed by atoms with Crippen LogP contribution < -0.4 is 5.48 Å². The van der Waals surface area contributed by atoms with Crippen molar-refractivity contribution in [2.24, 2.45) is 0 Å². The van der Waals surface area contributed by atoms with Crippen molar-refractivity contribution in [2.75, 3.05) is 0 Å². The molecule has 0 atom stereocenters. The largest absolute Gasteiger partial charge is 0.293 e. The van der Waals surface area contributed by atoms with E-state index >= 15 is 0 Å². The molecule has 2 aromatic rings. The number of carbonyl (C=O) groups excluding carboxylic acids is 1. The lowest BCUT2D eigenvalue weighted by molar-refractivity contribution is 0.0701. The summed E-state index contributed by atoms with van der Waals surface area (Å²) in [6.45, 7) is 0. The Labute approximate surface area is 94.0 Å². The monoisotopic (exact) mass is 266 g/mol. The van der Waals surface area contributed by atoms with Crippen molar-refractivity contribution in [3.63, 3.8) is 0 Å². The van der Waals surface area contributed by atoms with Gasteiger partial charge in [0.2, 0.25) is 0 Å². The van der Waals surface area contributed by atoms with Crippen molar-refractivity contribution >= 4 is 32.7 Å². The Morgan fingerprint density at radius 1 is 1.33 bits per heavy atom. The maximum atomic E-state index is 11.1. The minimum atomic E-state index is -0.618. The van der Waals surface area contributed by atoms with Gasteiger partial charge in [-0.15, -0.1) is 0 Å². The molecule has 0 saturated carbocycles. The average molecular weight is 267 g/mol. The molecular formula is C10H7BrN2O2. The van der Waals surface area contributed by atoms with E-state index in [0.29, 0.717) is 5.52 Å². The van der Waals surface area contributed by atoms with Gasteiger partial charge in [-0.1, -0.05) is 18.2 Å². The normalized spacial score (nSPS) is 10.3. The molecule has 0 saturated heterocycles. The molecule has 0 aliphatic rings. The van der Waals surface area contributed by atoms with Gasteiger partial charge in [-0.3, -0.25) is 10.0 Å². The molecule has 0 spiro atoms. The van der Waals surface area contributed by atoms with Gasteiger partial charge in [-0.25, -0.2) is 10.5 Å². The fraction of sp³-hybridized carbons (Fsp3) is 0. The molecule has 0 aliphatic carbocycles. The highest BCUT2D eigenvalue weighted by molar-refractivity contribution is 9.10. The fourth-order valence-electron chi connectivity index (χ4n) is 1.29. The average Bonchev–Trinajstić information content (AvgIpc) is 2.28. The molecule has 2 rings (SSSR count). The van der Waals surface area contributed by atoms with Gasteiger partial charge in [0.1, 0.15) is 5.69 Å². The second kappa shape index (κ2) is 3.96. The van der Waals surface area contributed by atoms with Crippen LogP contribution in [0.1, 0.15) is 10.5 Å². The molecule has 5 heteroatoms. The van der Waals surface area contributed by atoms with Crippen molar-refractivity contribution in [1.29, 1.82) is 0 Å². The van der Waals surface area contributed by atoms with Crippen LogP contribution in [0.4, 0.5) is 0 Å². The minimum Gasteiger partial charge on any atom is -0.288 e. The summed E-state index contributed by atoms with van der Waals surface area (Å²) in [5.41, 5.74) is 2.42.